The molecule has 3 heterocycles. The fraction of sp³-hybridized carbons (Fsp3) is 0.600. The minimum atomic E-state index is 0.287. The third-order valence-corrected chi connectivity index (χ3v) is 6.02. The minimum Gasteiger partial charge on any atom is -0.440 e. The number of fused-ring (bicyclic) bond motifs is 1. The number of nitrogens with zero attached hydrogens (tertiary/aromatic N) is 2. The molecule has 2 aliphatic rings. The number of halogens is 1. The highest BCUT2D eigenvalue weighted by Crippen LogP contribution is 2.31. The number of likely N-dealkylation sites (tertiary alicyclic amines) is 1. The van der Waals surface area contributed by atoms with Crippen LogP contribution >= 0.6 is 11.6 Å². The van der Waals surface area contributed by atoms with Gasteiger partial charge in [0.05, 0.1) is 0 Å². The molecule has 1 aromatic heterocycles. The molecular weight excluding hydrogens is 350 g/mol. The van der Waals surface area contributed by atoms with E-state index >= 15 is 0 Å². The van der Waals surface area contributed by atoms with Gasteiger partial charge in [-0.1, -0.05) is 11.6 Å². The van der Waals surface area contributed by atoms with Crippen molar-refractivity contribution >= 4 is 28.6 Å². The maximum absolute atomic E-state index is 12.5. The van der Waals surface area contributed by atoms with E-state index in [2.05, 4.69) is 10.3 Å². The van der Waals surface area contributed by atoms with Crippen LogP contribution < -0.4 is 5.32 Å². The fourth-order valence-corrected chi connectivity index (χ4v) is 4.29. The highest BCUT2D eigenvalue weighted by atomic mass is 35.5. The maximum Gasteiger partial charge on any atom is 0.222 e. The number of hydrogen-bond donors (Lipinski definition) is 1. The van der Waals surface area contributed by atoms with E-state index in [1.807, 2.05) is 23.1 Å². The molecule has 4 rings (SSSR count). The first kappa shape index (κ1) is 17.8. The number of carbonyl (C=O) groups excluding carboxylic acids is 1. The lowest BCUT2D eigenvalue weighted by Crippen LogP contribution is -2.38. The van der Waals surface area contributed by atoms with E-state index in [-0.39, 0.29) is 5.92 Å². The van der Waals surface area contributed by atoms with Crippen LogP contribution in [-0.2, 0) is 4.79 Å². The highest BCUT2D eigenvalue weighted by Gasteiger charge is 2.27. The number of benzene rings is 1. The van der Waals surface area contributed by atoms with Crippen molar-refractivity contribution in [1.29, 1.82) is 0 Å². The van der Waals surface area contributed by atoms with E-state index in [1.165, 1.54) is 12.8 Å². The van der Waals surface area contributed by atoms with Gasteiger partial charge in [-0.25, -0.2) is 4.98 Å². The van der Waals surface area contributed by atoms with Gasteiger partial charge in [-0.3, -0.25) is 4.79 Å². The van der Waals surface area contributed by atoms with Gasteiger partial charge in [0.1, 0.15) is 5.52 Å². The SMILES string of the molecule is O=C(CCC1CCNCC1)N1CCC(c2nc3cc(Cl)ccc3o2)CC1. The van der Waals surface area contributed by atoms with E-state index < -0.39 is 0 Å². The predicted octanol–water partition coefficient (Wildman–Crippen LogP) is 3.97. The Hall–Kier alpha value is -1.59. The maximum atomic E-state index is 12.5. The number of piperidine rings is 2. The van der Waals surface area contributed by atoms with Crippen molar-refractivity contribution < 1.29 is 9.21 Å². The van der Waals surface area contributed by atoms with Crippen LogP contribution in [0.3, 0.4) is 0 Å². The normalized spacial score (nSPS) is 20.0. The summed E-state index contributed by atoms with van der Waals surface area (Å²) < 4.78 is 5.91. The van der Waals surface area contributed by atoms with Gasteiger partial charge in [0, 0.05) is 30.5 Å². The molecule has 0 radical (unpaired) electrons. The standard InChI is InChI=1S/C20H26ClN3O2/c21-16-2-3-18-17(13-16)23-20(26-18)15-7-11-24(12-8-15)19(25)4-1-14-5-9-22-10-6-14/h2-3,13-15,22H,1,4-12H2. The second-order valence-electron chi connectivity index (χ2n) is 7.55. The fourth-order valence-electron chi connectivity index (χ4n) is 4.12. The summed E-state index contributed by atoms with van der Waals surface area (Å²) in [5.41, 5.74) is 1.60. The van der Waals surface area contributed by atoms with Crippen LogP contribution in [-0.4, -0.2) is 42.0 Å². The Bertz CT molecular complexity index is 762. The number of aromatic nitrogens is 1. The molecule has 2 aromatic rings. The lowest BCUT2D eigenvalue weighted by Gasteiger charge is -2.31. The van der Waals surface area contributed by atoms with E-state index in [0.717, 1.165) is 62.4 Å². The lowest BCUT2D eigenvalue weighted by molar-refractivity contribution is -0.132. The van der Waals surface area contributed by atoms with Crippen LogP contribution in [0, 0.1) is 5.92 Å². The van der Waals surface area contributed by atoms with Crippen molar-refractivity contribution in [2.45, 2.75) is 44.4 Å². The third kappa shape index (κ3) is 4.04. The van der Waals surface area contributed by atoms with Crippen LogP contribution in [0.25, 0.3) is 11.1 Å². The Balaban J connectivity index is 1.29. The molecule has 26 heavy (non-hydrogen) atoms. The van der Waals surface area contributed by atoms with Gasteiger partial charge in [0.2, 0.25) is 5.91 Å². The molecule has 140 valence electrons. The molecule has 2 fully saturated rings. The first-order valence-corrected chi connectivity index (χ1v) is 10.1. The molecule has 2 aliphatic heterocycles. The lowest BCUT2D eigenvalue weighted by atomic mass is 9.92. The average molecular weight is 376 g/mol. The summed E-state index contributed by atoms with van der Waals surface area (Å²) in [6.07, 6.45) is 5.97. The quantitative estimate of drug-likeness (QED) is 0.878. The van der Waals surface area contributed by atoms with Gasteiger partial charge in [-0.05, 0) is 69.3 Å². The summed E-state index contributed by atoms with van der Waals surface area (Å²) >= 11 is 6.02. The van der Waals surface area contributed by atoms with Crippen LogP contribution in [0.1, 0.15) is 50.3 Å². The van der Waals surface area contributed by atoms with Gasteiger partial charge < -0.3 is 14.6 Å². The summed E-state index contributed by atoms with van der Waals surface area (Å²) in [6, 6.07) is 5.53. The molecule has 5 nitrogen and oxygen atoms in total. The van der Waals surface area contributed by atoms with E-state index in [1.54, 1.807) is 0 Å². The molecule has 0 atom stereocenters. The van der Waals surface area contributed by atoms with Gasteiger partial charge in [-0.15, -0.1) is 0 Å². The average Bonchev–Trinajstić information content (AvgIpc) is 3.10. The predicted molar refractivity (Wildman–Crippen MR) is 102 cm³/mol. The minimum absolute atomic E-state index is 0.287. The molecule has 0 aliphatic carbocycles. The Labute approximate surface area is 159 Å². The van der Waals surface area contributed by atoms with E-state index in [0.29, 0.717) is 23.3 Å². The van der Waals surface area contributed by atoms with Crippen LogP contribution in [0.4, 0.5) is 0 Å². The van der Waals surface area contributed by atoms with Crippen LogP contribution in [0.2, 0.25) is 5.02 Å². The Kier molecular flexibility index (Phi) is 5.46. The Morgan fingerprint density at radius 3 is 2.77 bits per heavy atom. The zero-order valence-corrected chi connectivity index (χ0v) is 15.8. The van der Waals surface area contributed by atoms with Gasteiger partial charge >= 0.3 is 0 Å². The summed E-state index contributed by atoms with van der Waals surface area (Å²) in [5, 5.41) is 4.05. The highest BCUT2D eigenvalue weighted by molar-refractivity contribution is 6.31. The number of nitrogens with one attached hydrogen (secondary N) is 1. The summed E-state index contributed by atoms with van der Waals surface area (Å²) in [4.78, 5) is 19.1. The smallest absolute Gasteiger partial charge is 0.222 e. The van der Waals surface area contributed by atoms with Crippen molar-refractivity contribution in [2.24, 2.45) is 5.92 Å². The third-order valence-electron chi connectivity index (χ3n) is 5.79. The largest absolute Gasteiger partial charge is 0.440 e. The topological polar surface area (TPSA) is 58.4 Å². The molecule has 6 heteroatoms. The van der Waals surface area contributed by atoms with E-state index in [9.17, 15) is 4.79 Å². The van der Waals surface area contributed by atoms with Crippen molar-refractivity contribution in [1.82, 2.24) is 15.2 Å². The van der Waals surface area contributed by atoms with Gasteiger partial charge in [-0.2, -0.15) is 0 Å². The zero-order valence-electron chi connectivity index (χ0n) is 15.0. The number of oxazole rings is 1. The summed E-state index contributed by atoms with van der Waals surface area (Å²) in [5.74, 6) is 2.09. The monoisotopic (exact) mass is 375 g/mol. The Morgan fingerprint density at radius 1 is 1.23 bits per heavy atom. The zero-order chi connectivity index (χ0) is 17.9. The van der Waals surface area contributed by atoms with Crippen molar-refractivity contribution in [3.8, 4) is 0 Å². The van der Waals surface area contributed by atoms with Crippen molar-refractivity contribution in [3.63, 3.8) is 0 Å². The molecule has 1 amide bonds. The van der Waals surface area contributed by atoms with Gasteiger partial charge in [0.15, 0.2) is 11.5 Å². The summed E-state index contributed by atoms with van der Waals surface area (Å²) in [7, 11) is 0. The van der Waals surface area contributed by atoms with Gasteiger partial charge in [0.25, 0.3) is 0 Å². The van der Waals surface area contributed by atoms with Crippen LogP contribution in [0.15, 0.2) is 22.6 Å². The van der Waals surface area contributed by atoms with Crippen molar-refractivity contribution in [3.05, 3.63) is 29.1 Å². The van der Waals surface area contributed by atoms with Crippen LogP contribution in [0.5, 0.6) is 0 Å². The number of carbonyl (C=O) groups is 1. The molecule has 0 unspecified atom stereocenters. The summed E-state index contributed by atoms with van der Waals surface area (Å²) in [6.45, 7) is 3.80. The molecule has 0 saturated carbocycles. The van der Waals surface area contributed by atoms with E-state index in [4.69, 9.17) is 16.0 Å². The number of rotatable bonds is 4. The van der Waals surface area contributed by atoms with Crippen molar-refractivity contribution in [2.75, 3.05) is 26.2 Å². The second-order valence-corrected chi connectivity index (χ2v) is 7.99. The molecule has 0 bridgehead atoms. The second kappa shape index (κ2) is 7.97. The number of amides is 1. The first-order valence-electron chi connectivity index (χ1n) is 9.73. The molecule has 1 aromatic carbocycles. The number of hydrogen-bond acceptors (Lipinski definition) is 4. The molecular formula is C20H26ClN3O2. The molecule has 1 N–H and O–H groups in total. The Morgan fingerprint density at radius 2 is 2.00 bits per heavy atom. The molecule has 2 saturated heterocycles. The first-order chi connectivity index (χ1) is 12.7. The molecule has 0 spiro atoms.